The van der Waals surface area contributed by atoms with Gasteiger partial charge in [-0.15, -0.1) is 0 Å². The number of hydrogen-bond donors (Lipinski definition) is 3. The van der Waals surface area contributed by atoms with Crippen molar-refractivity contribution in [1.29, 1.82) is 0 Å². The first-order chi connectivity index (χ1) is 9.58. The smallest absolute Gasteiger partial charge is 0.323 e. The minimum Gasteiger partial charge on any atom is -0.392 e. The van der Waals surface area contributed by atoms with Gasteiger partial charge in [-0.2, -0.15) is 0 Å². The third-order valence-corrected chi connectivity index (χ3v) is 3.31. The molecule has 0 unspecified atom stereocenters. The summed E-state index contributed by atoms with van der Waals surface area (Å²) in [4.78, 5) is 11.8. The van der Waals surface area contributed by atoms with E-state index in [1.165, 1.54) is 0 Å². The maximum absolute atomic E-state index is 11.8. The lowest BCUT2D eigenvalue weighted by Gasteiger charge is -2.08. The number of anilines is 2. The first-order valence-electron chi connectivity index (χ1n) is 5.81. The summed E-state index contributed by atoms with van der Waals surface area (Å²) in [6.45, 7) is -0.0320. The van der Waals surface area contributed by atoms with Gasteiger partial charge in [-0.05, 0) is 35.9 Å². The molecule has 0 saturated carbocycles. The number of aliphatic hydroxyl groups excluding tert-OH is 1. The van der Waals surface area contributed by atoms with Crippen molar-refractivity contribution in [2.75, 3.05) is 10.6 Å². The number of halogens is 2. The van der Waals surface area contributed by atoms with Crippen molar-refractivity contribution >= 4 is 40.6 Å². The number of nitrogens with one attached hydrogen (secondary N) is 2. The van der Waals surface area contributed by atoms with Gasteiger partial charge in [0.1, 0.15) is 0 Å². The maximum Gasteiger partial charge on any atom is 0.323 e. The Kier molecular flexibility index (Phi) is 4.84. The van der Waals surface area contributed by atoms with E-state index < -0.39 is 0 Å². The third kappa shape index (κ3) is 3.87. The average molecular weight is 311 g/mol. The number of hydrogen-bond acceptors (Lipinski definition) is 2. The molecule has 3 N–H and O–H groups in total. The van der Waals surface area contributed by atoms with Crippen molar-refractivity contribution in [2.24, 2.45) is 0 Å². The Morgan fingerprint density at radius 1 is 0.950 bits per heavy atom. The molecule has 0 bridgehead atoms. The molecule has 0 aromatic heterocycles. The monoisotopic (exact) mass is 310 g/mol. The Labute approximate surface area is 126 Å². The molecule has 0 fully saturated rings. The van der Waals surface area contributed by atoms with Crippen molar-refractivity contribution < 1.29 is 9.90 Å². The van der Waals surface area contributed by atoms with Gasteiger partial charge >= 0.3 is 6.03 Å². The van der Waals surface area contributed by atoms with Gasteiger partial charge in [0, 0.05) is 11.4 Å². The number of carbonyl (C=O) groups excluding carboxylic acids is 1. The minimum absolute atomic E-state index is 0.0320. The molecule has 20 heavy (non-hydrogen) atoms. The van der Waals surface area contributed by atoms with E-state index in [-0.39, 0.29) is 12.6 Å². The number of carbonyl (C=O) groups is 1. The van der Waals surface area contributed by atoms with E-state index in [9.17, 15) is 4.79 Å². The molecule has 0 heterocycles. The summed E-state index contributed by atoms with van der Waals surface area (Å²) in [6, 6.07) is 11.3. The third-order valence-electron chi connectivity index (χ3n) is 2.57. The largest absolute Gasteiger partial charge is 0.392 e. The Hall–Kier alpha value is -1.75. The van der Waals surface area contributed by atoms with Crippen LogP contribution >= 0.6 is 23.2 Å². The summed E-state index contributed by atoms with van der Waals surface area (Å²) in [7, 11) is 0. The summed E-state index contributed by atoms with van der Waals surface area (Å²) < 4.78 is 0. The Morgan fingerprint density at radius 3 is 2.15 bits per heavy atom. The predicted octanol–water partition coefficient (Wildman–Crippen LogP) is 4.13. The van der Waals surface area contributed by atoms with Crippen LogP contribution in [0, 0.1) is 0 Å². The molecule has 0 aliphatic carbocycles. The van der Waals surface area contributed by atoms with Crippen LogP contribution in [0.2, 0.25) is 10.0 Å². The maximum atomic E-state index is 11.8. The van der Waals surface area contributed by atoms with Gasteiger partial charge in [-0.3, -0.25) is 0 Å². The Bertz CT molecular complexity index is 615. The van der Waals surface area contributed by atoms with Gasteiger partial charge in [0.15, 0.2) is 0 Å². The predicted molar refractivity (Wildman–Crippen MR) is 81.5 cm³/mol. The average Bonchev–Trinajstić information content (AvgIpc) is 2.44. The van der Waals surface area contributed by atoms with Crippen molar-refractivity contribution in [2.45, 2.75) is 6.61 Å². The van der Waals surface area contributed by atoms with Gasteiger partial charge in [0.2, 0.25) is 0 Å². The molecular weight excluding hydrogens is 299 g/mol. The highest BCUT2D eigenvalue weighted by Crippen LogP contribution is 2.25. The van der Waals surface area contributed by atoms with E-state index in [4.69, 9.17) is 28.3 Å². The lowest BCUT2D eigenvalue weighted by molar-refractivity contribution is 0.262. The second-order valence-electron chi connectivity index (χ2n) is 4.06. The van der Waals surface area contributed by atoms with Crippen molar-refractivity contribution in [1.82, 2.24) is 0 Å². The van der Waals surface area contributed by atoms with E-state index in [1.54, 1.807) is 42.5 Å². The van der Waals surface area contributed by atoms with Gasteiger partial charge in [-0.1, -0.05) is 35.3 Å². The number of amides is 2. The van der Waals surface area contributed by atoms with E-state index >= 15 is 0 Å². The van der Waals surface area contributed by atoms with E-state index in [2.05, 4.69) is 10.6 Å². The highest BCUT2D eigenvalue weighted by atomic mass is 35.5. The summed E-state index contributed by atoms with van der Waals surface area (Å²) in [5.41, 5.74) is 1.95. The lowest BCUT2D eigenvalue weighted by atomic mass is 10.2. The Morgan fingerprint density at radius 2 is 1.55 bits per heavy atom. The summed E-state index contributed by atoms with van der Waals surface area (Å²) in [5, 5.41) is 15.0. The highest BCUT2D eigenvalue weighted by molar-refractivity contribution is 6.42. The molecular formula is C14H12Cl2N2O2. The highest BCUT2D eigenvalue weighted by Gasteiger charge is 2.04. The summed E-state index contributed by atoms with van der Waals surface area (Å²) in [6.07, 6.45) is 0. The molecule has 0 saturated heterocycles. The fraction of sp³-hybridized carbons (Fsp3) is 0.0714. The second kappa shape index (κ2) is 6.61. The van der Waals surface area contributed by atoms with Gasteiger partial charge < -0.3 is 15.7 Å². The summed E-state index contributed by atoms with van der Waals surface area (Å²) in [5.74, 6) is 0. The SMILES string of the molecule is O=C(Nc1ccc(CO)cc1)Nc1ccc(Cl)c(Cl)c1. The normalized spacial score (nSPS) is 10.2. The van der Waals surface area contributed by atoms with E-state index in [0.29, 0.717) is 21.4 Å². The number of urea groups is 1. The van der Waals surface area contributed by atoms with Crippen LogP contribution in [0.5, 0.6) is 0 Å². The molecule has 6 heteroatoms. The van der Waals surface area contributed by atoms with Crippen LogP contribution in [0.15, 0.2) is 42.5 Å². The zero-order valence-electron chi connectivity index (χ0n) is 10.4. The van der Waals surface area contributed by atoms with Crippen LogP contribution in [-0.2, 0) is 6.61 Å². The topological polar surface area (TPSA) is 61.4 Å². The van der Waals surface area contributed by atoms with Crippen LogP contribution in [0.4, 0.5) is 16.2 Å². The van der Waals surface area contributed by atoms with E-state index in [0.717, 1.165) is 5.56 Å². The second-order valence-corrected chi connectivity index (χ2v) is 4.88. The molecule has 2 rings (SSSR count). The first kappa shape index (κ1) is 14.7. The molecule has 0 aliphatic rings. The zero-order chi connectivity index (χ0) is 14.5. The van der Waals surface area contributed by atoms with Crippen molar-refractivity contribution in [3.63, 3.8) is 0 Å². The quantitative estimate of drug-likeness (QED) is 0.798. The van der Waals surface area contributed by atoms with Crippen LogP contribution in [0.3, 0.4) is 0 Å². The standard InChI is InChI=1S/C14H12Cl2N2O2/c15-12-6-5-11(7-13(12)16)18-14(20)17-10-3-1-9(8-19)2-4-10/h1-7,19H,8H2,(H2,17,18,20). The molecule has 2 aromatic rings. The van der Waals surface area contributed by atoms with Gasteiger partial charge in [0.05, 0.1) is 16.7 Å². The fourth-order valence-corrected chi connectivity index (χ4v) is 1.86. The number of benzene rings is 2. The molecule has 2 amide bonds. The van der Waals surface area contributed by atoms with Gasteiger partial charge in [0.25, 0.3) is 0 Å². The van der Waals surface area contributed by atoms with Gasteiger partial charge in [-0.25, -0.2) is 4.79 Å². The first-order valence-corrected chi connectivity index (χ1v) is 6.57. The lowest BCUT2D eigenvalue weighted by Crippen LogP contribution is -2.19. The zero-order valence-corrected chi connectivity index (χ0v) is 11.9. The number of aliphatic hydroxyl groups is 1. The molecule has 104 valence electrons. The molecule has 2 aromatic carbocycles. The molecule has 4 nitrogen and oxygen atoms in total. The van der Waals surface area contributed by atoms with Crippen LogP contribution in [0.1, 0.15) is 5.56 Å². The van der Waals surface area contributed by atoms with Crippen molar-refractivity contribution in [3.05, 3.63) is 58.1 Å². The van der Waals surface area contributed by atoms with Crippen LogP contribution in [0.25, 0.3) is 0 Å². The van der Waals surface area contributed by atoms with Crippen LogP contribution in [-0.4, -0.2) is 11.1 Å². The fourth-order valence-electron chi connectivity index (χ4n) is 1.56. The number of rotatable bonds is 3. The molecule has 0 spiro atoms. The molecule has 0 aliphatic heterocycles. The molecule has 0 atom stereocenters. The Balaban J connectivity index is 1.99. The van der Waals surface area contributed by atoms with E-state index in [1.807, 2.05) is 0 Å². The minimum atomic E-state index is -0.389. The summed E-state index contributed by atoms with van der Waals surface area (Å²) >= 11 is 11.7. The van der Waals surface area contributed by atoms with Crippen molar-refractivity contribution in [3.8, 4) is 0 Å². The van der Waals surface area contributed by atoms with Crippen LogP contribution < -0.4 is 10.6 Å². The molecule has 0 radical (unpaired) electrons.